The normalized spacial score (nSPS) is 15.2. The lowest BCUT2D eigenvalue weighted by Gasteiger charge is -2.19. The summed E-state index contributed by atoms with van der Waals surface area (Å²) in [6.07, 6.45) is 8.89. The number of thiazole rings is 1. The molecule has 3 heterocycles. The predicted molar refractivity (Wildman–Crippen MR) is 118 cm³/mol. The average molecular weight is 411 g/mol. The van der Waals surface area contributed by atoms with Gasteiger partial charge >= 0.3 is 0 Å². The van der Waals surface area contributed by atoms with Crippen molar-refractivity contribution in [3.8, 4) is 16.9 Å². The molecule has 0 unspecified atom stereocenters. The second-order valence-electron chi connectivity index (χ2n) is 7.40. The molecule has 6 nitrogen and oxygen atoms in total. The molecule has 152 valence electrons. The summed E-state index contributed by atoms with van der Waals surface area (Å²) in [5.74, 6) is 0.680. The predicted octanol–water partition coefficient (Wildman–Crippen LogP) is 4.57. The SMILES string of the molecule is CC(=O)Nc1nc2ccc(-c3cncc(OCCN4CCCCCC4)c3)cc2s1. The Bertz CT molecular complexity index is 980. The number of rotatable bonds is 6. The summed E-state index contributed by atoms with van der Waals surface area (Å²) in [5.41, 5.74) is 2.94. The van der Waals surface area contributed by atoms with Crippen molar-refractivity contribution in [2.24, 2.45) is 0 Å². The van der Waals surface area contributed by atoms with Gasteiger partial charge in [-0.15, -0.1) is 0 Å². The fourth-order valence-electron chi connectivity index (χ4n) is 3.62. The summed E-state index contributed by atoms with van der Waals surface area (Å²) < 4.78 is 7.01. The van der Waals surface area contributed by atoms with Gasteiger partial charge < -0.3 is 10.1 Å². The molecule has 29 heavy (non-hydrogen) atoms. The molecular formula is C22H26N4O2S. The van der Waals surface area contributed by atoms with E-state index in [-0.39, 0.29) is 5.91 Å². The van der Waals surface area contributed by atoms with Gasteiger partial charge in [0.25, 0.3) is 0 Å². The molecule has 2 aromatic heterocycles. The van der Waals surface area contributed by atoms with Crippen LogP contribution in [0.3, 0.4) is 0 Å². The van der Waals surface area contributed by atoms with Crippen molar-refractivity contribution in [3.63, 3.8) is 0 Å². The Kier molecular flexibility index (Phi) is 6.36. The zero-order valence-corrected chi connectivity index (χ0v) is 17.5. The van der Waals surface area contributed by atoms with Crippen LogP contribution in [0.4, 0.5) is 5.13 Å². The maximum absolute atomic E-state index is 11.3. The number of pyridine rings is 1. The van der Waals surface area contributed by atoms with E-state index >= 15 is 0 Å². The average Bonchev–Trinajstić information content (AvgIpc) is 2.91. The van der Waals surface area contributed by atoms with Crippen LogP contribution in [0.15, 0.2) is 36.7 Å². The first-order valence-corrected chi connectivity index (χ1v) is 11.0. The molecule has 4 rings (SSSR count). The Balaban J connectivity index is 1.42. The Hall–Kier alpha value is -2.51. The van der Waals surface area contributed by atoms with Crippen molar-refractivity contribution in [3.05, 3.63) is 36.7 Å². The molecule has 7 heteroatoms. The van der Waals surface area contributed by atoms with E-state index in [0.29, 0.717) is 11.7 Å². The van der Waals surface area contributed by atoms with Crippen LogP contribution in [0.25, 0.3) is 21.3 Å². The van der Waals surface area contributed by atoms with Crippen molar-refractivity contribution in [1.29, 1.82) is 0 Å². The quantitative estimate of drug-likeness (QED) is 0.645. The van der Waals surface area contributed by atoms with Gasteiger partial charge in [0.1, 0.15) is 12.4 Å². The van der Waals surface area contributed by atoms with Crippen LogP contribution in [-0.2, 0) is 4.79 Å². The van der Waals surface area contributed by atoms with Gasteiger partial charge in [0.2, 0.25) is 5.91 Å². The molecule has 1 saturated heterocycles. The molecular weight excluding hydrogens is 384 g/mol. The number of anilines is 1. The number of carbonyl (C=O) groups excluding carboxylic acids is 1. The topological polar surface area (TPSA) is 67.3 Å². The van der Waals surface area contributed by atoms with Crippen LogP contribution >= 0.6 is 11.3 Å². The minimum absolute atomic E-state index is 0.112. The third kappa shape index (κ3) is 5.31. The number of hydrogen-bond acceptors (Lipinski definition) is 6. The van der Waals surface area contributed by atoms with E-state index in [1.807, 2.05) is 24.4 Å². The highest BCUT2D eigenvalue weighted by molar-refractivity contribution is 7.22. The Morgan fingerprint density at radius 3 is 2.76 bits per heavy atom. The molecule has 0 saturated carbocycles. The number of nitrogens with zero attached hydrogens (tertiary/aromatic N) is 3. The molecule has 0 atom stereocenters. The largest absolute Gasteiger partial charge is 0.491 e. The van der Waals surface area contributed by atoms with E-state index < -0.39 is 0 Å². The lowest BCUT2D eigenvalue weighted by atomic mass is 10.1. The lowest BCUT2D eigenvalue weighted by molar-refractivity contribution is -0.114. The summed E-state index contributed by atoms with van der Waals surface area (Å²) in [5, 5.41) is 3.37. The summed E-state index contributed by atoms with van der Waals surface area (Å²) >= 11 is 1.47. The molecule has 3 aromatic rings. The smallest absolute Gasteiger partial charge is 0.223 e. The van der Waals surface area contributed by atoms with E-state index in [4.69, 9.17) is 4.74 Å². The van der Waals surface area contributed by atoms with E-state index in [1.165, 1.54) is 57.0 Å². The Morgan fingerprint density at radius 2 is 1.97 bits per heavy atom. The maximum atomic E-state index is 11.3. The van der Waals surface area contributed by atoms with E-state index in [2.05, 4.69) is 26.3 Å². The van der Waals surface area contributed by atoms with Crippen LogP contribution in [0, 0.1) is 0 Å². The molecule has 0 radical (unpaired) electrons. The Labute approximate surface area is 174 Å². The summed E-state index contributed by atoms with van der Waals surface area (Å²) in [6.45, 7) is 5.48. The highest BCUT2D eigenvalue weighted by Crippen LogP contribution is 2.31. The first-order valence-electron chi connectivity index (χ1n) is 10.2. The number of carbonyl (C=O) groups is 1. The number of amides is 1. The minimum atomic E-state index is -0.112. The van der Waals surface area contributed by atoms with Crippen LogP contribution < -0.4 is 10.1 Å². The number of fused-ring (bicyclic) bond motifs is 1. The molecule has 0 bridgehead atoms. The van der Waals surface area contributed by atoms with Crippen LogP contribution in [0.2, 0.25) is 0 Å². The fraction of sp³-hybridized carbons (Fsp3) is 0.409. The number of likely N-dealkylation sites (tertiary alicyclic amines) is 1. The fourth-order valence-corrected chi connectivity index (χ4v) is 4.57. The highest BCUT2D eigenvalue weighted by atomic mass is 32.1. The third-order valence-corrected chi connectivity index (χ3v) is 6.03. The number of benzene rings is 1. The van der Waals surface area contributed by atoms with Crippen LogP contribution in [0.5, 0.6) is 5.75 Å². The summed E-state index contributed by atoms with van der Waals surface area (Å²) in [4.78, 5) is 22.5. The van der Waals surface area contributed by atoms with Crippen molar-refractivity contribution in [2.45, 2.75) is 32.6 Å². The van der Waals surface area contributed by atoms with E-state index in [0.717, 1.165) is 33.6 Å². The van der Waals surface area contributed by atoms with Gasteiger partial charge in [-0.25, -0.2) is 4.98 Å². The Morgan fingerprint density at radius 1 is 1.14 bits per heavy atom. The number of hydrogen-bond donors (Lipinski definition) is 1. The second kappa shape index (κ2) is 9.33. The molecule has 1 fully saturated rings. The number of ether oxygens (including phenoxy) is 1. The van der Waals surface area contributed by atoms with Gasteiger partial charge in [-0.3, -0.25) is 14.7 Å². The lowest BCUT2D eigenvalue weighted by Crippen LogP contribution is -2.29. The van der Waals surface area contributed by atoms with Crippen molar-refractivity contribution in [1.82, 2.24) is 14.9 Å². The first-order chi connectivity index (χ1) is 14.2. The van der Waals surface area contributed by atoms with Gasteiger partial charge in [-0.05, 0) is 49.7 Å². The van der Waals surface area contributed by atoms with Gasteiger partial charge in [-0.2, -0.15) is 0 Å². The summed E-state index contributed by atoms with van der Waals surface area (Å²) in [7, 11) is 0. The molecule has 0 spiro atoms. The molecule has 1 aromatic carbocycles. The standard InChI is InChI=1S/C22H26N4O2S/c1-16(27)24-22-25-20-7-6-17(13-21(20)29-22)18-12-19(15-23-14-18)28-11-10-26-8-4-2-3-5-9-26/h6-7,12-15H,2-5,8-11H2,1H3,(H,24,25,27). The summed E-state index contributed by atoms with van der Waals surface area (Å²) in [6, 6.07) is 8.11. The second-order valence-corrected chi connectivity index (χ2v) is 8.43. The number of aromatic nitrogens is 2. The van der Waals surface area contributed by atoms with Gasteiger partial charge in [0.05, 0.1) is 16.4 Å². The molecule has 1 N–H and O–H groups in total. The third-order valence-electron chi connectivity index (χ3n) is 5.09. The van der Waals surface area contributed by atoms with Gasteiger partial charge in [-0.1, -0.05) is 30.2 Å². The highest BCUT2D eigenvalue weighted by Gasteiger charge is 2.10. The maximum Gasteiger partial charge on any atom is 0.223 e. The van der Waals surface area contributed by atoms with Crippen molar-refractivity contribution >= 4 is 32.6 Å². The van der Waals surface area contributed by atoms with Crippen molar-refractivity contribution in [2.75, 3.05) is 31.6 Å². The molecule has 1 aliphatic heterocycles. The monoisotopic (exact) mass is 410 g/mol. The van der Waals surface area contributed by atoms with Crippen LogP contribution in [0.1, 0.15) is 32.6 Å². The van der Waals surface area contributed by atoms with E-state index in [1.54, 1.807) is 6.20 Å². The zero-order valence-electron chi connectivity index (χ0n) is 16.7. The van der Waals surface area contributed by atoms with Crippen molar-refractivity contribution < 1.29 is 9.53 Å². The van der Waals surface area contributed by atoms with E-state index in [9.17, 15) is 4.79 Å². The van der Waals surface area contributed by atoms with Gasteiger partial charge in [0.15, 0.2) is 5.13 Å². The minimum Gasteiger partial charge on any atom is -0.491 e. The number of nitrogens with one attached hydrogen (secondary N) is 1. The van der Waals surface area contributed by atoms with Crippen LogP contribution in [-0.4, -0.2) is 47.0 Å². The van der Waals surface area contributed by atoms with Gasteiger partial charge in [0, 0.05) is 25.2 Å². The zero-order chi connectivity index (χ0) is 20.1. The molecule has 1 amide bonds. The molecule has 1 aliphatic rings. The molecule has 0 aliphatic carbocycles. The first kappa shape index (κ1) is 19.8.